The van der Waals surface area contributed by atoms with Crippen LogP contribution in [0.25, 0.3) is 0 Å². The van der Waals surface area contributed by atoms with Crippen LogP contribution in [0.3, 0.4) is 0 Å². The van der Waals surface area contributed by atoms with Crippen molar-refractivity contribution in [3.63, 3.8) is 0 Å². The maximum absolute atomic E-state index is 13.0. The van der Waals surface area contributed by atoms with Gasteiger partial charge in [0.05, 0.1) is 18.4 Å². The Hall–Kier alpha value is -1.96. The lowest BCUT2D eigenvalue weighted by Gasteiger charge is -2.58. The van der Waals surface area contributed by atoms with Gasteiger partial charge in [0.15, 0.2) is 5.13 Å². The molecule has 1 heterocycles. The minimum atomic E-state index is -0.595. The summed E-state index contributed by atoms with van der Waals surface area (Å²) >= 11 is 1.62. The number of nitrogens with one attached hydrogen (secondary N) is 2. The van der Waals surface area contributed by atoms with Gasteiger partial charge in [0, 0.05) is 35.4 Å². The highest BCUT2D eigenvalue weighted by Gasteiger charge is 2.59. The van der Waals surface area contributed by atoms with E-state index in [1.54, 1.807) is 11.3 Å². The van der Waals surface area contributed by atoms with Crippen LogP contribution in [-0.4, -0.2) is 40.9 Å². The molecule has 5 atom stereocenters. The van der Waals surface area contributed by atoms with Crippen molar-refractivity contribution in [1.29, 1.82) is 0 Å². The first-order valence-electron chi connectivity index (χ1n) is 10.6. The first-order chi connectivity index (χ1) is 14.3. The molecule has 162 valence electrons. The topological polar surface area (TPSA) is 94.5 Å². The van der Waals surface area contributed by atoms with Crippen molar-refractivity contribution in [2.24, 2.45) is 16.7 Å². The molecular formula is C23H31N3O3S. The minimum absolute atomic E-state index is 0.0325. The van der Waals surface area contributed by atoms with E-state index in [0.29, 0.717) is 12.8 Å². The van der Waals surface area contributed by atoms with E-state index >= 15 is 0 Å². The molecule has 30 heavy (non-hydrogen) atoms. The van der Waals surface area contributed by atoms with Crippen molar-refractivity contribution in [2.45, 2.75) is 51.6 Å². The third kappa shape index (κ3) is 3.43. The molecule has 2 aromatic rings. The Morgan fingerprint density at radius 3 is 2.70 bits per heavy atom. The van der Waals surface area contributed by atoms with Crippen LogP contribution in [0.1, 0.15) is 49.6 Å². The standard InChI is InChI=1S/C23H31N3O3S/c1-22-10-9-18(28)23(2,13-27)17(22)12-16-20(26-21(24-3)30-16)15(22)11-19(29)25-14-7-5-4-6-8-14/h4-8,15,17-18,27-28H,9-13H2,1-3H3,(H,24,26)(H,25,29). The van der Waals surface area contributed by atoms with Gasteiger partial charge in [0.2, 0.25) is 5.91 Å². The molecule has 7 heteroatoms. The Balaban J connectivity index is 1.71. The highest BCUT2D eigenvalue weighted by Crippen LogP contribution is 2.62. The normalized spacial score (nSPS) is 32.8. The van der Waals surface area contributed by atoms with Crippen molar-refractivity contribution in [2.75, 3.05) is 24.3 Å². The summed E-state index contributed by atoms with van der Waals surface area (Å²) in [5.74, 6) is -0.0209. The van der Waals surface area contributed by atoms with Gasteiger partial charge in [-0.25, -0.2) is 4.98 Å². The van der Waals surface area contributed by atoms with E-state index in [2.05, 4.69) is 17.6 Å². The molecule has 1 aromatic heterocycles. The summed E-state index contributed by atoms with van der Waals surface area (Å²) in [7, 11) is 1.86. The molecule has 0 saturated heterocycles. The van der Waals surface area contributed by atoms with E-state index < -0.39 is 11.5 Å². The smallest absolute Gasteiger partial charge is 0.225 e. The predicted molar refractivity (Wildman–Crippen MR) is 120 cm³/mol. The first kappa shape index (κ1) is 21.3. The fourth-order valence-electron chi connectivity index (χ4n) is 5.67. The van der Waals surface area contributed by atoms with Gasteiger partial charge in [0.1, 0.15) is 0 Å². The highest BCUT2D eigenvalue weighted by atomic mass is 32.1. The average molecular weight is 430 g/mol. The molecule has 1 fully saturated rings. The maximum Gasteiger partial charge on any atom is 0.225 e. The number of anilines is 2. The Labute approximate surface area is 181 Å². The van der Waals surface area contributed by atoms with E-state index in [4.69, 9.17) is 4.98 Å². The lowest BCUT2D eigenvalue weighted by atomic mass is 9.47. The number of fused-ring (bicyclic) bond motifs is 2. The lowest BCUT2D eigenvalue weighted by Crippen LogP contribution is -2.57. The van der Waals surface area contributed by atoms with Crippen LogP contribution in [-0.2, 0) is 11.2 Å². The van der Waals surface area contributed by atoms with Crippen LogP contribution in [0.4, 0.5) is 10.8 Å². The largest absolute Gasteiger partial charge is 0.396 e. The summed E-state index contributed by atoms with van der Waals surface area (Å²) in [5, 5.41) is 28.1. The van der Waals surface area contributed by atoms with Crippen LogP contribution in [0.15, 0.2) is 30.3 Å². The summed E-state index contributed by atoms with van der Waals surface area (Å²) in [6, 6.07) is 9.50. The van der Waals surface area contributed by atoms with Crippen molar-refractivity contribution in [3.05, 3.63) is 40.9 Å². The second-order valence-corrected chi connectivity index (χ2v) is 10.3. The maximum atomic E-state index is 13.0. The molecule has 2 aliphatic carbocycles. The first-order valence-corrected chi connectivity index (χ1v) is 11.4. The van der Waals surface area contributed by atoms with E-state index in [1.165, 1.54) is 0 Å². The summed E-state index contributed by atoms with van der Waals surface area (Å²) in [4.78, 5) is 19.0. The van der Waals surface area contributed by atoms with Crippen molar-refractivity contribution < 1.29 is 15.0 Å². The summed E-state index contributed by atoms with van der Waals surface area (Å²) < 4.78 is 0. The molecular weight excluding hydrogens is 398 g/mol. The van der Waals surface area contributed by atoms with Gasteiger partial charge >= 0.3 is 0 Å². The lowest BCUT2D eigenvalue weighted by molar-refractivity contribution is -0.143. The molecule has 4 N–H and O–H groups in total. The zero-order valence-electron chi connectivity index (χ0n) is 17.8. The zero-order chi connectivity index (χ0) is 21.5. The number of hydrogen-bond acceptors (Lipinski definition) is 6. The highest BCUT2D eigenvalue weighted by molar-refractivity contribution is 7.15. The van der Waals surface area contributed by atoms with Gasteiger partial charge in [-0.05, 0) is 42.7 Å². The third-order valence-electron chi connectivity index (χ3n) is 7.55. The Bertz CT molecular complexity index is 918. The SMILES string of the molecule is CNc1nc2c(s1)CC1C(C)(CO)C(O)CCC1(C)C2CC(=O)Nc1ccccc1. The van der Waals surface area contributed by atoms with Crippen LogP contribution in [0, 0.1) is 16.7 Å². The van der Waals surface area contributed by atoms with Crippen LogP contribution < -0.4 is 10.6 Å². The fourth-order valence-corrected chi connectivity index (χ4v) is 6.69. The number of carbonyl (C=O) groups excluding carboxylic acids is 1. The van der Waals surface area contributed by atoms with Gasteiger partial charge in [0.25, 0.3) is 0 Å². The van der Waals surface area contributed by atoms with Gasteiger partial charge < -0.3 is 20.8 Å². The van der Waals surface area contributed by atoms with Crippen molar-refractivity contribution >= 4 is 28.1 Å². The number of amides is 1. The second-order valence-electron chi connectivity index (χ2n) is 9.23. The van der Waals surface area contributed by atoms with E-state index in [1.807, 2.05) is 44.3 Å². The van der Waals surface area contributed by atoms with E-state index in [-0.39, 0.29) is 29.8 Å². The third-order valence-corrected chi connectivity index (χ3v) is 8.67. The van der Waals surface area contributed by atoms with Gasteiger partial charge in [-0.15, -0.1) is 11.3 Å². The number of nitrogens with zero attached hydrogens (tertiary/aromatic N) is 1. The Kier molecular flexibility index (Phi) is 5.64. The zero-order valence-corrected chi connectivity index (χ0v) is 18.6. The average Bonchev–Trinajstić information content (AvgIpc) is 3.16. The number of benzene rings is 1. The molecule has 5 unspecified atom stereocenters. The number of para-hydroxylation sites is 1. The van der Waals surface area contributed by atoms with Crippen molar-refractivity contribution in [1.82, 2.24) is 4.98 Å². The number of aliphatic hydroxyl groups excluding tert-OH is 2. The monoisotopic (exact) mass is 429 g/mol. The molecule has 0 bridgehead atoms. The molecule has 0 spiro atoms. The minimum Gasteiger partial charge on any atom is -0.396 e. The van der Waals surface area contributed by atoms with Crippen LogP contribution in [0.2, 0.25) is 0 Å². The molecule has 0 aliphatic heterocycles. The molecule has 4 rings (SSSR count). The molecule has 0 radical (unpaired) electrons. The Morgan fingerprint density at radius 2 is 2.03 bits per heavy atom. The molecule has 2 aliphatic rings. The quantitative estimate of drug-likeness (QED) is 0.582. The number of hydrogen-bond donors (Lipinski definition) is 4. The number of aliphatic hydroxyl groups is 2. The Morgan fingerprint density at radius 1 is 1.30 bits per heavy atom. The molecule has 1 amide bonds. The van der Waals surface area contributed by atoms with Gasteiger partial charge in [-0.2, -0.15) is 0 Å². The number of carbonyl (C=O) groups is 1. The molecule has 1 saturated carbocycles. The second kappa shape index (κ2) is 7.94. The summed E-state index contributed by atoms with van der Waals surface area (Å²) in [5.41, 5.74) is 0.969. The summed E-state index contributed by atoms with van der Waals surface area (Å²) in [6.45, 7) is 4.15. The fraction of sp³-hybridized carbons (Fsp3) is 0.565. The predicted octanol–water partition coefficient (Wildman–Crippen LogP) is 3.63. The van der Waals surface area contributed by atoms with Crippen molar-refractivity contribution in [3.8, 4) is 0 Å². The number of aromatic nitrogens is 1. The molecule has 6 nitrogen and oxygen atoms in total. The van der Waals surface area contributed by atoms with E-state index in [0.717, 1.165) is 34.2 Å². The van der Waals surface area contributed by atoms with Crippen LogP contribution >= 0.6 is 11.3 Å². The van der Waals surface area contributed by atoms with Gasteiger partial charge in [-0.3, -0.25) is 4.79 Å². The van der Waals surface area contributed by atoms with E-state index in [9.17, 15) is 15.0 Å². The number of thiazole rings is 1. The number of rotatable bonds is 5. The van der Waals surface area contributed by atoms with Crippen LogP contribution in [0.5, 0.6) is 0 Å². The molecule has 1 aromatic carbocycles. The summed E-state index contributed by atoms with van der Waals surface area (Å²) in [6.07, 6.45) is 2.00. The van der Waals surface area contributed by atoms with Gasteiger partial charge in [-0.1, -0.05) is 32.0 Å².